The number of unbranched alkanes of at least 4 members (excludes halogenated alkanes) is 2. The standard InChI is InChI=1S/C24H27FN4O2/c1-3-4-5-13-29(16-18-8-10-20(25)11-9-18)22(30)14-21-17(2)27-23(28-24(21)31)19-7-6-12-26-15-19/h6-12,15H,3-5,13-14,16H2,1-2H3,(H,27,28,31). The van der Waals surface area contributed by atoms with Gasteiger partial charge in [0.05, 0.1) is 6.42 Å². The van der Waals surface area contributed by atoms with Crippen LogP contribution in [0.3, 0.4) is 0 Å². The summed E-state index contributed by atoms with van der Waals surface area (Å²) in [5.74, 6) is -0.0302. The molecular formula is C24H27FN4O2. The molecule has 3 aromatic rings. The van der Waals surface area contributed by atoms with Crippen molar-refractivity contribution in [1.29, 1.82) is 0 Å². The van der Waals surface area contributed by atoms with Crippen LogP contribution in [0.4, 0.5) is 4.39 Å². The molecule has 2 heterocycles. The molecule has 0 atom stereocenters. The quantitative estimate of drug-likeness (QED) is 0.528. The lowest BCUT2D eigenvalue weighted by Crippen LogP contribution is -2.34. The molecule has 0 bridgehead atoms. The first-order valence-electron chi connectivity index (χ1n) is 10.5. The van der Waals surface area contributed by atoms with Crippen molar-refractivity contribution in [2.24, 2.45) is 0 Å². The molecule has 7 heteroatoms. The highest BCUT2D eigenvalue weighted by Gasteiger charge is 2.19. The van der Waals surface area contributed by atoms with Crippen molar-refractivity contribution in [2.45, 2.75) is 46.1 Å². The molecule has 6 nitrogen and oxygen atoms in total. The second kappa shape index (κ2) is 10.6. The number of aromatic nitrogens is 3. The van der Waals surface area contributed by atoms with Gasteiger partial charge in [-0.2, -0.15) is 0 Å². The van der Waals surface area contributed by atoms with E-state index in [1.807, 2.05) is 6.07 Å². The van der Waals surface area contributed by atoms with Crippen LogP contribution in [-0.2, 0) is 17.8 Å². The van der Waals surface area contributed by atoms with Gasteiger partial charge in [0.2, 0.25) is 5.91 Å². The van der Waals surface area contributed by atoms with Crippen LogP contribution in [0, 0.1) is 12.7 Å². The Balaban J connectivity index is 1.79. The normalized spacial score (nSPS) is 10.8. The maximum Gasteiger partial charge on any atom is 0.255 e. The van der Waals surface area contributed by atoms with E-state index in [1.54, 1.807) is 42.4 Å². The molecule has 0 aliphatic rings. The third-order valence-corrected chi connectivity index (χ3v) is 5.16. The minimum Gasteiger partial charge on any atom is -0.338 e. The maximum absolute atomic E-state index is 13.2. The van der Waals surface area contributed by atoms with Crippen LogP contribution in [0.25, 0.3) is 11.4 Å². The molecule has 0 saturated heterocycles. The number of nitrogens with zero attached hydrogens (tertiary/aromatic N) is 3. The molecule has 1 aromatic carbocycles. The van der Waals surface area contributed by atoms with Gasteiger partial charge in [-0.05, 0) is 43.2 Å². The van der Waals surface area contributed by atoms with Crippen molar-refractivity contribution < 1.29 is 9.18 Å². The third kappa shape index (κ3) is 6.07. The largest absolute Gasteiger partial charge is 0.338 e. The van der Waals surface area contributed by atoms with Crippen molar-refractivity contribution in [1.82, 2.24) is 19.9 Å². The van der Waals surface area contributed by atoms with Gasteiger partial charge in [0.1, 0.15) is 11.6 Å². The third-order valence-electron chi connectivity index (χ3n) is 5.16. The molecule has 1 N–H and O–H groups in total. The van der Waals surface area contributed by atoms with Crippen LogP contribution in [0.5, 0.6) is 0 Å². The number of benzene rings is 1. The van der Waals surface area contributed by atoms with Crippen molar-refractivity contribution in [3.05, 3.63) is 81.8 Å². The van der Waals surface area contributed by atoms with Crippen molar-refractivity contribution >= 4 is 5.91 Å². The van der Waals surface area contributed by atoms with E-state index in [2.05, 4.69) is 21.9 Å². The van der Waals surface area contributed by atoms with Crippen LogP contribution < -0.4 is 5.56 Å². The summed E-state index contributed by atoms with van der Waals surface area (Å²) in [6, 6.07) is 9.72. The van der Waals surface area contributed by atoms with Gasteiger partial charge in [-0.25, -0.2) is 9.37 Å². The zero-order valence-corrected chi connectivity index (χ0v) is 17.9. The van der Waals surface area contributed by atoms with Crippen LogP contribution in [0.15, 0.2) is 53.6 Å². The molecule has 0 radical (unpaired) electrons. The Kier molecular flexibility index (Phi) is 7.65. The van der Waals surface area contributed by atoms with Gasteiger partial charge in [0.25, 0.3) is 5.56 Å². The summed E-state index contributed by atoms with van der Waals surface area (Å²) >= 11 is 0. The Labute approximate surface area is 181 Å². The molecule has 162 valence electrons. The first-order valence-corrected chi connectivity index (χ1v) is 10.5. The Morgan fingerprint density at radius 1 is 1.16 bits per heavy atom. The molecule has 31 heavy (non-hydrogen) atoms. The number of amides is 1. The minimum absolute atomic E-state index is 0.0329. The summed E-state index contributed by atoms with van der Waals surface area (Å²) in [5, 5.41) is 0. The number of rotatable bonds is 9. The van der Waals surface area contributed by atoms with E-state index in [-0.39, 0.29) is 23.7 Å². The zero-order valence-electron chi connectivity index (χ0n) is 17.9. The lowest BCUT2D eigenvalue weighted by Gasteiger charge is -2.23. The molecule has 0 aliphatic carbocycles. The van der Waals surface area contributed by atoms with Gasteiger partial charge in [-0.15, -0.1) is 0 Å². The van der Waals surface area contributed by atoms with Gasteiger partial charge in [-0.1, -0.05) is 31.9 Å². The highest BCUT2D eigenvalue weighted by Crippen LogP contribution is 2.15. The van der Waals surface area contributed by atoms with E-state index in [1.165, 1.54) is 12.1 Å². The second-order valence-corrected chi connectivity index (χ2v) is 7.55. The van der Waals surface area contributed by atoms with E-state index in [0.717, 1.165) is 24.8 Å². The molecule has 0 aliphatic heterocycles. The number of hydrogen-bond acceptors (Lipinski definition) is 4. The van der Waals surface area contributed by atoms with Crippen molar-refractivity contribution in [3.8, 4) is 11.4 Å². The molecule has 3 rings (SSSR count). The van der Waals surface area contributed by atoms with Crippen LogP contribution in [0.2, 0.25) is 0 Å². The Morgan fingerprint density at radius 2 is 1.94 bits per heavy atom. The average molecular weight is 423 g/mol. The number of pyridine rings is 1. The number of aromatic amines is 1. The van der Waals surface area contributed by atoms with E-state index in [0.29, 0.717) is 35.7 Å². The van der Waals surface area contributed by atoms with E-state index >= 15 is 0 Å². The summed E-state index contributed by atoms with van der Waals surface area (Å²) < 4.78 is 13.2. The number of nitrogens with one attached hydrogen (secondary N) is 1. The van der Waals surface area contributed by atoms with Gasteiger partial charge in [0, 0.05) is 42.3 Å². The van der Waals surface area contributed by atoms with E-state index in [9.17, 15) is 14.0 Å². The predicted molar refractivity (Wildman–Crippen MR) is 118 cm³/mol. The SMILES string of the molecule is CCCCCN(Cc1ccc(F)cc1)C(=O)Cc1c(C)nc(-c2cccnc2)[nH]c1=O. The second-order valence-electron chi connectivity index (χ2n) is 7.55. The first kappa shape index (κ1) is 22.3. The van der Waals surface area contributed by atoms with Crippen LogP contribution in [0.1, 0.15) is 43.0 Å². The Bertz CT molecular complexity index is 1070. The molecule has 0 spiro atoms. The van der Waals surface area contributed by atoms with Gasteiger partial charge in [-0.3, -0.25) is 14.6 Å². The summed E-state index contributed by atoms with van der Waals surface area (Å²) in [4.78, 5) is 38.8. The molecular weight excluding hydrogens is 395 g/mol. The fraction of sp³-hybridized carbons (Fsp3) is 0.333. The van der Waals surface area contributed by atoms with E-state index in [4.69, 9.17) is 0 Å². The van der Waals surface area contributed by atoms with Crippen molar-refractivity contribution in [2.75, 3.05) is 6.54 Å². The summed E-state index contributed by atoms with van der Waals surface area (Å²) in [6.07, 6.45) is 6.16. The molecule has 2 aromatic heterocycles. The Morgan fingerprint density at radius 3 is 2.58 bits per heavy atom. The van der Waals surface area contributed by atoms with Crippen molar-refractivity contribution in [3.63, 3.8) is 0 Å². The molecule has 0 unspecified atom stereocenters. The number of carbonyl (C=O) groups is 1. The highest BCUT2D eigenvalue weighted by molar-refractivity contribution is 5.79. The van der Waals surface area contributed by atoms with Gasteiger partial charge in [0.15, 0.2) is 0 Å². The number of H-pyrrole nitrogens is 1. The average Bonchev–Trinajstić information content (AvgIpc) is 2.77. The number of aryl methyl sites for hydroxylation is 1. The maximum atomic E-state index is 13.2. The number of halogens is 1. The first-order chi connectivity index (χ1) is 15.0. The molecule has 0 fully saturated rings. The summed E-state index contributed by atoms with van der Waals surface area (Å²) in [5.41, 5.74) is 2.11. The molecule has 1 amide bonds. The number of carbonyl (C=O) groups excluding carboxylic acids is 1. The lowest BCUT2D eigenvalue weighted by molar-refractivity contribution is -0.131. The molecule has 0 saturated carbocycles. The van der Waals surface area contributed by atoms with Gasteiger partial charge >= 0.3 is 0 Å². The van der Waals surface area contributed by atoms with E-state index < -0.39 is 0 Å². The lowest BCUT2D eigenvalue weighted by atomic mass is 10.1. The smallest absolute Gasteiger partial charge is 0.255 e. The minimum atomic E-state index is -0.324. The zero-order chi connectivity index (χ0) is 22.2. The monoisotopic (exact) mass is 422 g/mol. The van der Waals surface area contributed by atoms with Gasteiger partial charge < -0.3 is 9.88 Å². The summed E-state index contributed by atoms with van der Waals surface area (Å²) in [6.45, 7) is 4.80. The topological polar surface area (TPSA) is 79.0 Å². The summed E-state index contributed by atoms with van der Waals surface area (Å²) in [7, 11) is 0. The fourth-order valence-electron chi connectivity index (χ4n) is 3.38. The predicted octanol–water partition coefficient (Wildman–Crippen LogP) is 4.04. The Hall–Kier alpha value is -3.35. The fourth-order valence-corrected chi connectivity index (χ4v) is 3.38. The highest BCUT2D eigenvalue weighted by atomic mass is 19.1. The van der Waals surface area contributed by atoms with Crippen LogP contribution >= 0.6 is 0 Å². The van der Waals surface area contributed by atoms with Crippen LogP contribution in [-0.4, -0.2) is 32.3 Å². The number of hydrogen-bond donors (Lipinski definition) is 1.